The molecule has 0 bridgehead atoms. The third-order valence-electron chi connectivity index (χ3n) is 3.57. The van der Waals surface area contributed by atoms with Crippen LogP contribution in [-0.4, -0.2) is 34.5 Å². The maximum absolute atomic E-state index is 12.2. The van der Waals surface area contributed by atoms with Gasteiger partial charge in [-0.15, -0.1) is 0 Å². The molecule has 0 N–H and O–H groups in total. The molecule has 7 heteroatoms. The Morgan fingerprint density at radius 2 is 1.96 bits per heavy atom. The molecule has 0 saturated heterocycles. The van der Waals surface area contributed by atoms with Gasteiger partial charge in [0.15, 0.2) is 16.3 Å². The number of furan rings is 1. The van der Waals surface area contributed by atoms with Crippen molar-refractivity contribution in [1.29, 1.82) is 0 Å². The van der Waals surface area contributed by atoms with Crippen molar-refractivity contribution in [2.45, 2.75) is 13.3 Å². The van der Waals surface area contributed by atoms with Gasteiger partial charge < -0.3 is 13.8 Å². The molecule has 0 aliphatic rings. The number of halogens is 1. The van der Waals surface area contributed by atoms with Gasteiger partial charge in [0.1, 0.15) is 0 Å². The fraction of sp³-hybridized carbons (Fsp3) is 0.235. The van der Waals surface area contributed by atoms with Crippen molar-refractivity contribution in [2.75, 3.05) is 13.6 Å². The van der Waals surface area contributed by atoms with Gasteiger partial charge in [0.2, 0.25) is 0 Å². The number of carbonyl (C=O) groups is 1. The van der Waals surface area contributed by atoms with E-state index in [0.717, 1.165) is 5.56 Å². The summed E-state index contributed by atoms with van der Waals surface area (Å²) in [6.07, 6.45) is 0.499. The second-order valence-electron chi connectivity index (χ2n) is 5.46. The van der Waals surface area contributed by atoms with Crippen molar-refractivity contribution < 1.29 is 13.7 Å². The zero-order valence-electron chi connectivity index (χ0n) is 13.3. The first-order chi connectivity index (χ1) is 11.5. The summed E-state index contributed by atoms with van der Waals surface area (Å²) < 4.78 is 11.1. The summed E-state index contributed by atoms with van der Waals surface area (Å²) in [6.45, 7) is 2.48. The summed E-state index contributed by atoms with van der Waals surface area (Å²) in [5.74, 6) is 1.14. The van der Waals surface area contributed by atoms with Crippen LogP contribution in [0.15, 0.2) is 50.0 Å². The van der Waals surface area contributed by atoms with Crippen LogP contribution < -0.4 is 0 Å². The molecule has 3 rings (SSSR count). The number of hydrogen-bond acceptors (Lipinski definition) is 5. The second-order valence-corrected chi connectivity index (χ2v) is 6.24. The maximum Gasteiger partial charge on any atom is 0.289 e. The summed E-state index contributed by atoms with van der Waals surface area (Å²) in [7, 11) is 1.71. The van der Waals surface area contributed by atoms with Crippen LogP contribution in [0.2, 0.25) is 0 Å². The van der Waals surface area contributed by atoms with E-state index in [9.17, 15) is 4.79 Å². The zero-order chi connectivity index (χ0) is 17.1. The van der Waals surface area contributed by atoms with Gasteiger partial charge in [-0.25, -0.2) is 0 Å². The molecule has 0 unspecified atom stereocenters. The van der Waals surface area contributed by atoms with Crippen LogP contribution in [0.5, 0.6) is 0 Å². The van der Waals surface area contributed by atoms with Crippen LogP contribution in [0.3, 0.4) is 0 Å². The lowest BCUT2D eigenvalue weighted by Crippen LogP contribution is -2.28. The SMILES string of the molecule is Cc1ccc(-c2nc(CCN(C)C(=O)c3ccc(Br)o3)no2)cc1. The molecule has 0 aliphatic heterocycles. The summed E-state index contributed by atoms with van der Waals surface area (Å²) in [5, 5.41) is 3.97. The minimum absolute atomic E-state index is 0.192. The molecule has 0 atom stereocenters. The highest BCUT2D eigenvalue weighted by Gasteiger charge is 2.17. The van der Waals surface area contributed by atoms with E-state index >= 15 is 0 Å². The number of amides is 1. The smallest absolute Gasteiger partial charge is 0.289 e. The predicted octanol–water partition coefficient (Wildman–Crippen LogP) is 3.72. The lowest BCUT2D eigenvalue weighted by Gasteiger charge is -2.14. The van der Waals surface area contributed by atoms with E-state index in [1.165, 1.54) is 5.56 Å². The molecular weight excluding hydrogens is 374 g/mol. The molecule has 1 aromatic carbocycles. The molecule has 2 aromatic heterocycles. The number of rotatable bonds is 5. The first-order valence-electron chi connectivity index (χ1n) is 7.43. The Kier molecular flexibility index (Phi) is 4.80. The molecule has 2 heterocycles. The van der Waals surface area contributed by atoms with Crippen molar-refractivity contribution in [3.05, 3.63) is 58.2 Å². The zero-order valence-corrected chi connectivity index (χ0v) is 14.9. The summed E-state index contributed by atoms with van der Waals surface area (Å²) in [5.41, 5.74) is 2.05. The molecule has 3 aromatic rings. The Bertz CT molecular complexity index is 839. The highest BCUT2D eigenvalue weighted by Crippen LogP contribution is 2.18. The van der Waals surface area contributed by atoms with Crippen LogP contribution in [0, 0.1) is 6.92 Å². The molecule has 0 radical (unpaired) electrons. The number of aryl methyl sites for hydroxylation is 1. The molecule has 0 aliphatic carbocycles. The standard InChI is InChI=1S/C17H16BrN3O3/c1-11-3-5-12(6-4-11)16-19-15(20-24-16)9-10-21(2)17(22)13-7-8-14(18)23-13/h3-8H,9-10H2,1-2H3. The topological polar surface area (TPSA) is 72.4 Å². The van der Waals surface area contributed by atoms with E-state index in [4.69, 9.17) is 8.94 Å². The quantitative estimate of drug-likeness (QED) is 0.664. The normalized spacial score (nSPS) is 10.8. The van der Waals surface area contributed by atoms with Gasteiger partial charge in [0.25, 0.3) is 11.8 Å². The largest absolute Gasteiger partial charge is 0.444 e. The van der Waals surface area contributed by atoms with Crippen LogP contribution in [-0.2, 0) is 6.42 Å². The van der Waals surface area contributed by atoms with Gasteiger partial charge in [-0.1, -0.05) is 22.9 Å². The summed E-state index contributed by atoms with van der Waals surface area (Å²) >= 11 is 3.18. The van der Waals surface area contributed by atoms with Gasteiger partial charge >= 0.3 is 0 Å². The van der Waals surface area contributed by atoms with Crippen molar-refractivity contribution in [3.63, 3.8) is 0 Å². The van der Waals surface area contributed by atoms with Crippen LogP contribution in [0.1, 0.15) is 21.9 Å². The van der Waals surface area contributed by atoms with Crippen molar-refractivity contribution in [1.82, 2.24) is 15.0 Å². The summed E-state index contributed by atoms with van der Waals surface area (Å²) in [6, 6.07) is 11.2. The van der Waals surface area contributed by atoms with Crippen molar-refractivity contribution >= 4 is 21.8 Å². The van der Waals surface area contributed by atoms with Crippen LogP contribution >= 0.6 is 15.9 Å². The summed E-state index contributed by atoms with van der Waals surface area (Å²) in [4.78, 5) is 18.1. The number of benzene rings is 1. The number of hydrogen-bond donors (Lipinski definition) is 0. The first kappa shape index (κ1) is 16.4. The van der Waals surface area contributed by atoms with E-state index < -0.39 is 0 Å². The minimum atomic E-state index is -0.192. The van der Waals surface area contributed by atoms with Gasteiger partial charge in [-0.2, -0.15) is 4.98 Å². The van der Waals surface area contributed by atoms with Gasteiger partial charge in [0, 0.05) is 25.6 Å². The average Bonchev–Trinajstić information content (AvgIpc) is 3.22. The Hall–Kier alpha value is -2.41. The van der Waals surface area contributed by atoms with Crippen LogP contribution in [0.4, 0.5) is 0 Å². The molecule has 24 heavy (non-hydrogen) atoms. The van der Waals surface area contributed by atoms with Gasteiger partial charge in [0.05, 0.1) is 0 Å². The van der Waals surface area contributed by atoms with Gasteiger partial charge in [-0.3, -0.25) is 4.79 Å². The third-order valence-corrected chi connectivity index (χ3v) is 3.99. The number of likely N-dealkylation sites (N-methyl/N-ethyl adjacent to an activating group) is 1. The van der Waals surface area contributed by atoms with Crippen molar-refractivity contribution in [2.24, 2.45) is 0 Å². The monoisotopic (exact) mass is 389 g/mol. The highest BCUT2D eigenvalue weighted by atomic mass is 79.9. The Balaban J connectivity index is 1.61. The van der Waals surface area contributed by atoms with Gasteiger partial charge in [-0.05, 0) is 47.1 Å². The Morgan fingerprint density at radius 3 is 2.62 bits per heavy atom. The number of carbonyl (C=O) groups excluding carboxylic acids is 1. The van der Waals surface area contributed by atoms with E-state index in [2.05, 4.69) is 26.1 Å². The average molecular weight is 390 g/mol. The first-order valence-corrected chi connectivity index (χ1v) is 8.22. The Labute approximate surface area is 147 Å². The third kappa shape index (κ3) is 3.73. The molecular formula is C17H16BrN3O3. The predicted molar refractivity (Wildman–Crippen MR) is 91.5 cm³/mol. The van der Waals surface area contributed by atoms with E-state index in [1.54, 1.807) is 24.1 Å². The lowest BCUT2D eigenvalue weighted by atomic mass is 10.1. The van der Waals surface area contributed by atoms with E-state index in [1.807, 2.05) is 31.2 Å². The minimum Gasteiger partial charge on any atom is -0.444 e. The second kappa shape index (κ2) is 7.00. The van der Waals surface area contributed by atoms with E-state index in [-0.39, 0.29) is 11.7 Å². The number of aromatic nitrogens is 2. The lowest BCUT2D eigenvalue weighted by molar-refractivity contribution is 0.0763. The maximum atomic E-state index is 12.2. The molecule has 0 saturated carbocycles. The Morgan fingerprint density at radius 1 is 1.21 bits per heavy atom. The number of nitrogens with zero attached hydrogens (tertiary/aromatic N) is 3. The molecule has 1 amide bonds. The fourth-order valence-electron chi connectivity index (χ4n) is 2.16. The molecule has 124 valence electrons. The highest BCUT2D eigenvalue weighted by molar-refractivity contribution is 9.10. The van der Waals surface area contributed by atoms with E-state index in [0.29, 0.717) is 29.4 Å². The molecule has 0 spiro atoms. The fourth-order valence-corrected chi connectivity index (χ4v) is 2.46. The van der Waals surface area contributed by atoms with Crippen LogP contribution in [0.25, 0.3) is 11.5 Å². The molecule has 0 fully saturated rings. The molecule has 6 nitrogen and oxygen atoms in total. The van der Waals surface area contributed by atoms with Crippen molar-refractivity contribution in [3.8, 4) is 11.5 Å².